The minimum Gasteiger partial charge on any atom is -0.342 e. The molecular formula is C12H22N2O. The first-order valence-corrected chi connectivity index (χ1v) is 6.24. The quantitative estimate of drug-likeness (QED) is 0.744. The number of carbonyl (C=O) groups excluding carboxylic acids is 1. The minimum absolute atomic E-state index is 0.250. The average Bonchev–Trinajstić information content (AvgIpc) is 2.84. The maximum Gasteiger partial charge on any atom is 0.227 e. The summed E-state index contributed by atoms with van der Waals surface area (Å²) in [6.07, 6.45) is 3.28. The number of amides is 1. The van der Waals surface area contributed by atoms with Crippen molar-refractivity contribution in [3.05, 3.63) is 0 Å². The molecule has 2 fully saturated rings. The normalized spacial score (nSPS) is 36.1. The zero-order valence-electron chi connectivity index (χ0n) is 9.83. The highest BCUT2D eigenvalue weighted by atomic mass is 16.2. The van der Waals surface area contributed by atoms with E-state index in [1.54, 1.807) is 0 Å². The Labute approximate surface area is 92.2 Å². The number of likely N-dealkylation sites (tertiary alicyclic amines) is 1. The Morgan fingerprint density at radius 3 is 2.87 bits per heavy atom. The van der Waals surface area contributed by atoms with Gasteiger partial charge in [0.05, 0.1) is 5.92 Å². The maximum atomic E-state index is 12.2. The summed E-state index contributed by atoms with van der Waals surface area (Å²) < 4.78 is 0. The lowest BCUT2D eigenvalue weighted by atomic mass is 9.97. The van der Waals surface area contributed by atoms with E-state index in [1.807, 2.05) is 0 Å². The van der Waals surface area contributed by atoms with Gasteiger partial charge in [-0.3, -0.25) is 4.79 Å². The van der Waals surface area contributed by atoms with Crippen LogP contribution >= 0.6 is 0 Å². The molecule has 2 aliphatic heterocycles. The zero-order valence-corrected chi connectivity index (χ0v) is 9.83. The second kappa shape index (κ2) is 4.52. The maximum absolute atomic E-state index is 12.2. The Morgan fingerprint density at radius 1 is 1.47 bits per heavy atom. The molecule has 2 saturated heterocycles. The summed E-state index contributed by atoms with van der Waals surface area (Å²) in [4.78, 5) is 14.3. The van der Waals surface area contributed by atoms with E-state index in [0.717, 1.165) is 32.5 Å². The van der Waals surface area contributed by atoms with Crippen LogP contribution in [-0.4, -0.2) is 36.5 Å². The van der Waals surface area contributed by atoms with Crippen LogP contribution in [0.4, 0.5) is 0 Å². The Kier molecular flexibility index (Phi) is 3.29. The Bertz CT molecular complexity index is 242. The molecule has 3 unspecified atom stereocenters. The van der Waals surface area contributed by atoms with E-state index >= 15 is 0 Å². The monoisotopic (exact) mass is 210 g/mol. The van der Waals surface area contributed by atoms with E-state index in [4.69, 9.17) is 0 Å². The van der Waals surface area contributed by atoms with Gasteiger partial charge in [0.15, 0.2) is 0 Å². The summed E-state index contributed by atoms with van der Waals surface area (Å²) in [5, 5.41) is 3.42. The van der Waals surface area contributed by atoms with Gasteiger partial charge < -0.3 is 10.2 Å². The molecule has 0 radical (unpaired) electrons. The van der Waals surface area contributed by atoms with Gasteiger partial charge in [0, 0.05) is 19.1 Å². The number of hydrogen-bond donors (Lipinski definition) is 1. The summed E-state index contributed by atoms with van der Waals surface area (Å²) in [7, 11) is 0. The minimum atomic E-state index is 0.250. The van der Waals surface area contributed by atoms with Crippen molar-refractivity contribution in [2.45, 2.75) is 39.2 Å². The van der Waals surface area contributed by atoms with Crippen LogP contribution in [0.5, 0.6) is 0 Å². The molecule has 0 aromatic heterocycles. The molecule has 0 spiro atoms. The molecule has 2 rings (SSSR count). The topological polar surface area (TPSA) is 32.3 Å². The summed E-state index contributed by atoms with van der Waals surface area (Å²) in [6, 6.07) is 0.424. The molecule has 0 aromatic rings. The van der Waals surface area contributed by atoms with Gasteiger partial charge in [-0.1, -0.05) is 13.8 Å². The first kappa shape index (κ1) is 10.9. The highest BCUT2D eigenvalue weighted by molar-refractivity contribution is 5.80. The third-order valence-electron chi connectivity index (χ3n) is 3.84. The fraction of sp³-hybridized carbons (Fsp3) is 0.917. The smallest absolute Gasteiger partial charge is 0.227 e. The lowest BCUT2D eigenvalue weighted by molar-refractivity contribution is -0.134. The number of nitrogens with one attached hydrogen (secondary N) is 1. The van der Waals surface area contributed by atoms with Gasteiger partial charge in [-0.25, -0.2) is 0 Å². The largest absolute Gasteiger partial charge is 0.342 e. The standard InChI is InChI=1S/C12H22N2O/c1-3-11-10(4-6-13-11)12(15)14-7-5-9(2)8-14/h9-11,13H,3-8H2,1-2H3. The predicted molar refractivity (Wildman–Crippen MR) is 60.5 cm³/mol. The van der Waals surface area contributed by atoms with Crippen molar-refractivity contribution >= 4 is 5.91 Å². The lowest BCUT2D eigenvalue weighted by Crippen LogP contribution is -2.40. The van der Waals surface area contributed by atoms with Gasteiger partial charge in [-0.15, -0.1) is 0 Å². The molecule has 2 aliphatic rings. The van der Waals surface area contributed by atoms with Crippen LogP contribution in [0.3, 0.4) is 0 Å². The van der Waals surface area contributed by atoms with Crippen molar-refractivity contribution in [3.8, 4) is 0 Å². The average molecular weight is 210 g/mol. The molecule has 86 valence electrons. The molecule has 2 heterocycles. The molecule has 3 atom stereocenters. The van der Waals surface area contributed by atoms with Crippen molar-refractivity contribution in [1.82, 2.24) is 10.2 Å². The highest BCUT2D eigenvalue weighted by Crippen LogP contribution is 2.24. The molecular weight excluding hydrogens is 188 g/mol. The zero-order chi connectivity index (χ0) is 10.8. The molecule has 0 aliphatic carbocycles. The van der Waals surface area contributed by atoms with Crippen LogP contribution in [0.25, 0.3) is 0 Å². The van der Waals surface area contributed by atoms with Crippen LogP contribution in [0.2, 0.25) is 0 Å². The van der Waals surface area contributed by atoms with Crippen LogP contribution in [0.1, 0.15) is 33.1 Å². The molecule has 3 nitrogen and oxygen atoms in total. The SMILES string of the molecule is CCC1NCCC1C(=O)N1CCC(C)C1. The van der Waals surface area contributed by atoms with Gasteiger partial charge in [0.2, 0.25) is 5.91 Å². The van der Waals surface area contributed by atoms with Crippen LogP contribution in [0.15, 0.2) is 0 Å². The number of hydrogen-bond acceptors (Lipinski definition) is 2. The van der Waals surface area contributed by atoms with E-state index in [0.29, 0.717) is 17.9 Å². The van der Waals surface area contributed by atoms with Gasteiger partial charge in [0.1, 0.15) is 0 Å². The summed E-state index contributed by atoms with van der Waals surface area (Å²) in [5.74, 6) is 1.35. The third kappa shape index (κ3) is 2.17. The third-order valence-corrected chi connectivity index (χ3v) is 3.84. The second-order valence-corrected chi connectivity index (χ2v) is 5.04. The van der Waals surface area contributed by atoms with E-state index in [-0.39, 0.29) is 5.92 Å². The van der Waals surface area contributed by atoms with Crippen LogP contribution < -0.4 is 5.32 Å². The lowest BCUT2D eigenvalue weighted by Gasteiger charge is -2.23. The molecule has 0 bridgehead atoms. The summed E-state index contributed by atoms with van der Waals surface area (Å²) in [5.41, 5.74) is 0. The number of nitrogens with zero attached hydrogens (tertiary/aromatic N) is 1. The first-order valence-electron chi connectivity index (χ1n) is 6.24. The second-order valence-electron chi connectivity index (χ2n) is 5.04. The van der Waals surface area contributed by atoms with Gasteiger partial charge in [-0.05, 0) is 31.7 Å². The van der Waals surface area contributed by atoms with Crippen molar-refractivity contribution in [3.63, 3.8) is 0 Å². The van der Waals surface area contributed by atoms with E-state index in [9.17, 15) is 4.79 Å². The van der Waals surface area contributed by atoms with E-state index in [1.165, 1.54) is 6.42 Å². The van der Waals surface area contributed by atoms with Crippen molar-refractivity contribution in [2.75, 3.05) is 19.6 Å². The molecule has 15 heavy (non-hydrogen) atoms. The Hall–Kier alpha value is -0.570. The van der Waals surface area contributed by atoms with Crippen LogP contribution in [0, 0.1) is 11.8 Å². The number of rotatable bonds is 2. The van der Waals surface area contributed by atoms with Gasteiger partial charge in [0.25, 0.3) is 0 Å². The van der Waals surface area contributed by atoms with Crippen molar-refractivity contribution < 1.29 is 4.79 Å². The first-order chi connectivity index (χ1) is 7.22. The fourth-order valence-corrected chi connectivity index (χ4v) is 2.86. The molecule has 0 aromatic carbocycles. The van der Waals surface area contributed by atoms with E-state index < -0.39 is 0 Å². The highest BCUT2D eigenvalue weighted by Gasteiger charge is 2.35. The van der Waals surface area contributed by atoms with Gasteiger partial charge in [-0.2, -0.15) is 0 Å². The fourth-order valence-electron chi connectivity index (χ4n) is 2.86. The van der Waals surface area contributed by atoms with E-state index in [2.05, 4.69) is 24.1 Å². The van der Waals surface area contributed by atoms with Gasteiger partial charge >= 0.3 is 0 Å². The van der Waals surface area contributed by atoms with Crippen molar-refractivity contribution in [1.29, 1.82) is 0 Å². The Balaban J connectivity index is 1.95. The molecule has 1 amide bonds. The summed E-state index contributed by atoms with van der Waals surface area (Å²) in [6.45, 7) is 7.37. The molecule has 0 saturated carbocycles. The molecule has 3 heteroatoms. The Morgan fingerprint density at radius 2 is 2.27 bits per heavy atom. The number of carbonyl (C=O) groups is 1. The van der Waals surface area contributed by atoms with Crippen LogP contribution in [-0.2, 0) is 4.79 Å². The summed E-state index contributed by atoms with van der Waals surface area (Å²) >= 11 is 0. The van der Waals surface area contributed by atoms with Crippen molar-refractivity contribution in [2.24, 2.45) is 11.8 Å². The predicted octanol–water partition coefficient (Wildman–Crippen LogP) is 1.24. The molecule has 1 N–H and O–H groups in total.